The van der Waals surface area contributed by atoms with E-state index in [4.69, 9.17) is 12.2 Å². The largest absolute Gasteiger partial charge is 0.331 e. The van der Waals surface area contributed by atoms with Gasteiger partial charge >= 0.3 is 0 Å². The van der Waals surface area contributed by atoms with Crippen molar-refractivity contribution in [3.05, 3.63) is 60.7 Å². The standard InChI is InChI=1S/C19H23N3S/c1-15-14-19(2,3)22(17-12-8-5-9-13-17)21(15)18(23)20-16-10-6-4-7-11-16/h4-13,15H,14H2,1-3H3,(H,20,23). The zero-order chi connectivity index (χ0) is 16.4. The molecule has 0 bridgehead atoms. The molecule has 1 fully saturated rings. The first kappa shape index (κ1) is 15.8. The van der Waals surface area contributed by atoms with Gasteiger partial charge in [-0.2, -0.15) is 0 Å². The van der Waals surface area contributed by atoms with Crippen molar-refractivity contribution in [1.82, 2.24) is 5.01 Å². The summed E-state index contributed by atoms with van der Waals surface area (Å²) in [6, 6.07) is 20.9. The third kappa shape index (κ3) is 3.17. The van der Waals surface area contributed by atoms with Crippen LogP contribution in [0.5, 0.6) is 0 Å². The highest BCUT2D eigenvalue weighted by molar-refractivity contribution is 7.80. The quantitative estimate of drug-likeness (QED) is 0.808. The zero-order valence-corrected chi connectivity index (χ0v) is 14.7. The number of hydrogen-bond acceptors (Lipinski definition) is 2. The Labute approximate surface area is 143 Å². The Kier molecular flexibility index (Phi) is 4.26. The minimum Gasteiger partial charge on any atom is -0.331 e. The van der Waals surface area contributed by atoms with Crippen LogP contribution in [-0.2, 0) is 0 Å². The lowest BCUT2D eigenvalue weighted by molar-refractivity contribution is 0.371. The molecule has 0 aromatic heterocycles. The molecule has 0 saturated carbocycles. The molecule has 1 N–H and O–H groups in total. The molecule has 4 heteroatoms. The molecule has 2 aromatic rings. The maximum absolute atomic E-state index is 5.73. The van der Waals surface area contributed by atoms with Crippen LogP contribution in [0.3, 0.4) is 0 Å². The van der Waals surface area contributed by atoms with Gasteiger partial charge in [0.1, 0.15) is 0 Å². The van der Waals surface area contributed by atoms with E-state index < -0.39 is 0 Å². The van der Waals surface area contributed by atoms with E-state index in [0.29, 0.717) is 6.04 Å². The van der Waals surface area contributed by atoms with Crippen molar-refractivity contribution in [3.63, 3.8) is 0 Å². The summed E-state index contributed by atoms with van der Waals surface area (Å²) in [5, 5.41) is 8.62. The van der Waals surface area contributed by atoms with Gasteiger partial charge in [-0.3, -0.25) is 10.0 Å². The Morgan fingerprint density at radius 3 is 2.22 bits per heavy atom. The van der Waals surface area contributed by atoms with Crippen LogP contribution in [0, 0.1) is 0 Å². The topological polar surface area (TPSA) is 18.5 Å². The van der Waals surface area contributed by atoms with Gasteiger partial charge in [0.15, 0.2) is 5.11 Å². The van der Waals surface area contributed by atoms with Crippen LogP contribution in [0.15, 0.2) is 60.7 Å². The lowest BCUT2D eigenvalue weighted by atomic mass is 9.98. The molecule has 3 nitrogen and oxygen atoms in total. The lowest BCUT2D eigenvalue weighted by Crippen LogP contribution is -2.52. The van der Waals surface area contributed by atoms with Crippen molar-refractivity contribution in [2.24, 2.45) is 0 Å². The number of nitrogens with one attached hydrogen (secondary N) is 1. The summed E-state index contributed by atoms with van der Waals surface area (Å²) in [6.07, 6.45) is 1.05. The molecule has 1 unspecified atom stereocenters. The summed E-state index contributed by atoms with van der Waals surface area (Å²) in [6.45, 7) is 6.76. The summed E-state index contributed by atoms with van der Waals surface area (Å²) in [5.74, 6) is 0. The van der Waals surface area contributed by atoms with Crippen LogP contribution in [0.4, 0.5) is 11.4 Å². The molecule has 120 valence electrons. The van der Waals surface area contributed by atoms with Gasteiger partial charge in [-0.25, -0.2) is 0 Å². The van der Waals surface area contributed by atoms with E-state index in [9.17, 15) is 0 Å². The van der Waals surface area contributed by atoms with Crippen molar-refractivity contribution in [1.29, 1.82) is 0 Å². The molecule has 3 rings (SSSR count). The van der Waals surface area contributed by atoms with Gasteiger partial charge in [-0.15, -0.1) is 0 Å². The van der Waals surface area contributed by atoms with E-state index in [1.54, 1.807) is 0 Å². The summed E-state index contributed by atoms with van der Waals surface area (Å²) < 4.78 is 0. The van der Waals surface area contributed by atoms with Crippen LogP contribution in [0.2, 0.25) is 0 Å². The van der Waals surface area contributed by atoms with Gasteiger partial charge in [-0.05, 0) is 63.7 Å². The summed E-state index contributed by atoms with van der Waals surface area (Å²) >= 11 is 5.73. The fourth-order valence-corrected chi connectivity index (χ4v) is 3.80. The number of rotatable bonds is 2. The Balaban J connectivity index is 1.90. The predicted molar refractivity (Wildman–Crippen MR) is 102 cm³/mol. The van der Waals surface area contributed by atoms with Crippen LogP contribution >= 0.6 is 12.2 Å². The third-order valence-corrected chi connectivity index (χ3v) is 4.52. The van der Waals surface area contributed by atoms with Crippen molar-refractivity contribution >= 4 is 28.7 Å². The Hall–Kier alpha value is -2.07. The van der Waals surface area contributed by atoms with Gasteiger partial charge in [0, 0.05) is 5.69 Å². The first-order chi connectivity index (χ1) is 11.0. The second-order valence-corrected chi connectivity index (χ2v) is 7.04. The van der Waals surface area contributed by atoms with Crippen LogP contribution in [0.1, 0.15) is 27.2 Å². The Bertz CT molecular complexity index is 670. The maximum Gasteiger partial charge on any atom is 0.192 e. The monoisotopic (exact) mass is 325 g/mol. The molecule has 0 spiro atoms. The van der Waals surface area contributed by atoms with Gasteiger partial charge in [0.2, 0.25) is 0 Å². The van der Waals surface area contributed by atoms with Crippen LogP contribution in [-0.4, -0.2) is 21.7 Å². The molecular weight excluding hydrogens is 302 g/mol. The number of anilines is 2. The number of nitrogens with zero attached hydrogens (tertiary/aromatic N) is 2. The Morgan fingerprint density at radius 1 is 1.04 bits per heavy atom. The van der Waals surface area contributed by atoms with E-state index in [1.165, 1.54) is 5.69 Å². The number of thiocarbonyl (C=S) groups is 1. The van der Waals surface area contributed by atoms with E-state index in [2.05, 4.69) is 60.4 Å². The first-order valence-electron chi connectivity index (χ1n) is 7.99. The highest BCUT2D eigenvalue weighted by Crippen LogP contribution is 2.38. The number of hydrazine groups is 1. The number of para-hydroxylation sites is 2. The van der Waals surface area contributed by atoms with E-state index in [1.807, 2.05) is 36.4 Å². The normalized spacial score (nSPS) is 19.7. The van der Waals surface area contributed by atoms with Crippen LogP contribution in [0.25, 0.3) is 0 Å². The molecule has 23 heavy (non-hydrogen) atoms. The summed E-state index contributed by atoms with van der Waals surface area (Å²) in [7, 11) is 0. The van der Waals surface area contributed by atoms with Crippen molar-refractivity contribution in [2.75, 3.05) is 10.3 Å². The molecule has 0 aliphatic carbocycles. The minimum atomic E-state index is 0.0171. The second-order valence-electron chi connectivity index (χ2n) is 6.65. The number of hydrogen-bond donors (Lipinski definition) is 1. The van der Waals surface area contributed by atoms with Crippen molar-refractivity contribution < 1.29 is 0 Å². The smallest absolute Gasteiger partial charge is 0.192 e. The fraction of sp³-hybridized carbons (Fsp3) is 0.316. The molecule has 1 aliphatic heterocycles. The number of benzene rings is 2. The second kappa shape index (κ2) is 6.20. The molecule has 0 amide bonds. The SMILES string of the molecule is CC1CC(C)(C)N(c2ccccc2)N1C(=S)Nc1ccccc1. The minimum absolute atomic E-state index is 0.0171. The fourth-order valence-electron chi connectivity index (χ4n) is 3.42. The van der Waals surface area contributed by atoms with Gasteiger partial charge in [0.05, 0.1) is 17.3 Å². The molecule has 1 atom stereocenters. The Morgan fingerprint density at radius 2 is 1.61 bits per heavy atom. The van der Waals surface area contributed by atoms with Gasteiger partial charge in [0.25, 0.3) is 0 Å². The van der Waals surface area contributed by atoms with E-state index in [-0.39, 0.29) is 5.54 Å². The molecule has 0 radical (unpaired) electrons. The molecule has 1 saturated heterocycles. The highest BCUT2D eigenvalue weighted by atomic mass is 32.1. The summed E-state index contributed by atoms with van der Waals surface area (Å²) in [4.78, 5) is 0. The molecule has 1 heterocycles. The predicted octanol–water partition coefficient (Wildman–Crippen LogP) is 4.68. The maximum atomic E-state index is 5.73. The first-order valence-corrected chi connectivity index (χ1v) is 8.40. The third-order valence-electron chi connectivity index (χ3n) is 4.24. The highest BCUT2D eigenvalue weighted by Gasteiger charge is 2.44. The average molecular weight is 325 g/mol. The van der Waals surface area contributed by atoms with Gasteiger partial charge < -0.3 is 5.32 Å². The lowest BCUT2D eigenvalue weighted by Gasteiger charge is -2.40. The zero-order valence-electron chi connectivity index (χ0n) is 13.9. The van der Waals surface area contributed by atoms with E-state index >= 15 is 0 Å². The average Bonchev–Trinajstić information content (AvgIpc) is 2.78. The summed E-state index contributed by atoms with van der Waals surface area (Å²) in [5.41, 5.74) is 2.20. The van der Waals surface area contributed by atoms with Gasteiger partial charge in [-0.1, -0.05) is 36.4 Å². The van der Waals surface area contributed by atoms with Crippen molar-refractivity contribution in [3.8, 4) is 0 Å². The molecule has 1 aliphatic rings. The molecular formula is C19H23N3S. The van der Waals surface area contributed by atoms with E-state index in [0.717, 1.165) is 17.2 Å². The molecule has 2 aromatic carbocycles. The van der Waals surface area contributed by atoms with Crippen LogP contribution < -0.4 is 10.3 Å². The van der Waals surface area contributed by atoms with Crippen molar-refractivity contribution in [2.45, 2.75) is 38.8 Å².